The fourth-order valence-electron chi connectivity index (χ4n) is 2.14. The first-order valence-corrected chi connectivity index (χ1v) is 6.47. The summed E-state index contributed by atoms with van der Waals surface area (Å²) >= 11 is 0. The summed E-state index contributed by atoms with van der Waals surface area (Å²) in [6, 6.07) is 0. The molecule has 1 aliphatic rings. The van der Waals surface area contributed by atoms with Gasteiger partial charge in [-0.15, -0.1) is 0 Å². The smallest absolute Gasteiger partial charge is 0.222 e. The Morgan fingerprint density at radius 1 is 1.29 bits per heavy atom. The first-order valence-electron chi connectivity index (χ1n) is 6.47. The molecule has 0 heterocycles. The van der Waals surface area contributed by atoms with E-state index in [9.17, 15) is 9.90 Å². The second-order valence-corrected chi connectivity index (χ2v) is 6.06. The van der Waals surface area contributed by atoms with Crippen LogP contribution in [0.25, 0.3) is 0 Å². The lowest BCUT2D eigenvalue weighted by molar-refractivity contribution is -0.128. The van der Waals surface area contributed by atoms with E-state index in [4.69, 9.17) is 5.11 Å². The lowest BCUT2D eigenvalue weighted by atomic mass is 9.82. The maximum atomic E-state index is 11.7. The molecule has 1 rings (SSSR count). The van der Waals surface area contributed by atoms with Gasteiger partial charge in [-0.3, -0.25) is 4.79 Å². The average Bonchev–Trinajstić information content (AvgIpc) is 2.27. The van der Waals surface area contributed by atoms with Crippen LogP contribution in [0.5, 0.6) is 0 Å². The molecule has 1 aliphatic carbocycles. The van der Waals surface area contributed by atoms with E-state index in [0.717, 1.165) is 32.1 Å². The Hall–Kier alpha value is -0.610. The highest BCUT2D eigenvalue weighted by molar-refractivity contribution is 5.77. The molecule has 1 saturated carbocycles. The number of carbonyl (C=O) groups is 1. The van der Waals surface area contributed by atoms with Crippen LogP contribution < -0.4 is 5.32 Å². The lowest BCUT2D eigenvalue weighted by Crippen LogP contribution is -2.41. The summed E-state index contributed by atoms with van der Waals surface area (Å²) in [6.45, 7) is 4.27. The van der Waals surface area contributed by atoms with Crippen molar-refractivity contribution in [2.75, 3.05) is 13.2 Å². The molecular formula is C13H25NO3. The van der Waals surface area contributed by atoms with Gasteiger partial charge >= 0.3 is 0 Å². The van der Waals surface area contributed by atoms with E-state index in [2.05, 4.69) is 5.32 Å². The van der Waals surface area contributed by atoms with Crippen LogP contribution in [0, 0.1) is 5.41 Å². The molecule has 0 saturated heterocycles. The largest absolute Gasteiger partial charge is 0.396 e. The second-order valence-electron chi connectivity index (χ2n) is 6.06. The Morgan fingerprint density at radius 2 is 1.88 bits per heavy atom. The van der Waals surface area contributed by atoms with Crippen LogP contribution in [0.2, 0.25) is 0 Å². The summed E-state index contributed by atoms with van der Waals surface area (Å²) < 4.78 is 0. The van der Waals surface area contributed by atoms with Crippen molar-refractivity contribution in [2.45, 2.75) is 58.0 Å². The molecule has 3 N–H and O–H groups in total. The summed E-state index contributed by atoms with van der Waals surface area (Å²) in [5.74, 6) is -0.115. The topological polar surface area (TPSA) is 69.6 Å². The van der Waals surface area contributed by atoms with E-state index in [0.29, 0.717) is 6.54 Å². The third kappa shape index (κ3) is 5.04. The number of amides is 1. The molecular weight excluding hydrogens is 218 g/mol. The van der Waals surface area contributed by atoms with Gasteiger partial charge in [-0.1, -0.05) is 33.1 Å². The molecule has 0 atom stereocenters. The number of hydrogen-bond donors (Lipinski definition) is 3. The van der Waals surface area contributed by atoms with Crippen molar-refractivity contribution in [3.8, 4) is 0 Å². The quantitative estimate of drug-likeness (QED) is 0.679. The fraction of sp³-hybridized carbons (Fsp3) is 0.923. The fourth-order valence-corrected chi connectivity index (χ4v) is 2.14. The highest BCUT2D eigenvalue weighted by atomic mass is 16.3. The van der Waals surface area contributed by atoms with Crippen molar-refractivity contribution >= 4 is 5.91 Å². The van der Waals surface area contributed by atoms with Gasteiger partial charge in [-0.05, 0) is 12.8 Å². The molecule has 0 aromatic rings. The van der Waals surface area contributed by atoms with Gasteiger partial charge in [0.25, 0.3) is 0 Å². The predicted molar refractivity (Wildman–Crippen MR) is 66.5 cm³/mol. The van der Waals surface area contributed by atoms with Gasteiger partial charge in [0.05, 0.1) is 12.0 Å². The molecule has 0 unspecified atom stereocenters. The third-order valence-corrected chi connectivity index (χ3v) is 3.47. The summed E-state index contributed by atoms with van der Waals surface area (Å²) in [5, 5.41) is 22.1. The molecule has 0 radical (unpaired) electrons. The van der Waals surface area contributed by atoms with Crippen molar-refractivity contribution in [2.24, 2.45) is 5.41 Å². The van der Waals surface area contributed by atoms with Crippen LogP contribution in [0.1, 0.15) is 52.4 Å². The zero-order valence-corrected chi connectivity index (χ0v) is 11.0. The zero-order valence-electron chi connectivity index (χ0n) is 11.0. The molecule has 0 aliphatic heterocycles. The van der Waals surface area contributed by atoms with Crippen molar-refractivity contribution in [1.82, 2.24) is 5.32 Å². The van der Waals surface area contributed by atoms with Crippen molar-refractivity contribution in [3.05, 3.63) is 0 Å². The van der Waals surface area contributed by atoms with Gasteiger partial charge in [0.15, 0.2) is 0 Å². The second kappa shape index (κ2) is 5.83. The van der Waals surface area contributed by atoms with Gasteiger partial charge in [0.2, 0.25) is 5.91 Å². The number of hydrogen-bond acceptors (Lipinski definition) is 3. The van der Waals surface area contributed by atoms with Gasteiger partial charge < -0.3 is 15.5 Å². The van der Waals surface area contributed by atoms with E-state index < -0.39 is 5.60 Å². The molecule has 4 heteroatoms. The standard InChI is InChI=1S/C13H25NO3/c1-12(2,10-15)9-14-11(16)8-13(17)6-4-3-5-7-13/h15,17H,3-10H2,1-2H3,(H,14,16). The predicted octanol–water partition coefficient (Wildman–Crippen LogP) is 1.21. The molecule has 100 valence electrons. The van der Waals surface area contributed by atoms with Crippen LogP contribution in [0.15, 0.2) is 0 Å². The van der Waals surface area contributed by atoms with Crippen molar-refractivity contribution in [3.63, 3.8) is 0 Å². The maximum absolute atomic E-state index is 11.7. The van der Waals surface area contributed by atoms with E-state index in [-0.39, 0.29) is 24.3 Å². The van der Waals surface area contributed by atoms with E-state index in [1.165, 1.54) is 0 Å². The lowest BCUT2D eigenvalue weighted by Gasteiger charge is -2.32. The minimum Gasteiger partial charge on any atom is -0.396 e. The summed E-state index contributed by atoms with van der Waals surface area (Å²) in [4.78, 5) is 11.7. The number of aliphatic hydroxyl groups excluding tert-OH is 1. The summed E-state index contributed by atoms with van der Waals surface area (Å²) in [7, 11) is 0. The minimum atomic E-state index is -0.800. The monoisotopic (exact) mass is 243 g/mol. The van der Waals surface area contributed by atoms with Gasteiger partial charge in [-0.25, -0.2) is 0 Å². The van der Waals surface area contributed by atoms with Crippen LogP contribution in [-0.2, 0) is 4.79 Å². The molecule has 1 amide bonds. The molecule has 0 bridgehead atoms. The number of carbonyl (C=O) groups excluding carboxylic acids is 1. The summed E-state index contributed by atoms with van der Waals surface area (Å²) in [6.07, 6.45) is 4.81. The normalized spacial score (nSPS) is 20.0. The molecule has 4 nitrogen and oxygen atoms in total. The first-order chi connectivity index (χ1) is 7.87. The first kappa shape index (κ1) is 14.5. The summed E-state index contributed by atoms with van der Waals surface area (Å²) in [5.41, 5.74) is -1.10. The van der Waals surface area contributed by atoms with Gasteiger partial charge in [-0.2, -0.15) is 0 Å². The van der Waals surface area contributed by atoms with Crippen LogP contribution in [0.3, 0.4) is 0 Å². The van der Waals surface area contributed by atoms with Crippen LogP contribution in [0.4, 0.5) is 0 Å². The Bertz CT molecular complexity index is 257. The average molecular weight is 243 g/mol. The Kier molecular flexibility index (Phi) is 4.95. The van der Waals surface area contributed by atoms with E-state index >= 15 is 0 Å². The number of nitrogens with one attached hydrogen (secondary N) is 1. The van der Waals surface area contributed by atoms with Crippen LogP contribution >= 0.6 is 0 Å². The Labute approximate surface area is 103 Å². The van der Waals surface area contributed by atoms with Crippen molar-refractivity contribution in [1.29, 1.82) is 0 Å². The molecule has 0 spiro atoms. The van der Waals surface area contributed by atoms with Gasteiger partial charge in [0, 0.05) is 18.6 Å². The van der Waals surface area contributed by atoms with Crippen molar-refractivity contribution < 1.29 is 15.0 Å². The minimum absolute atomic E-state index is 0.0392. The third-order valence-electron chi connectivity index (χ3n) is 3.47. The molecule has 0 aromatic carbocycles. The van der Waals surface area contributed by atoms with E-state index in [1.54, 1.807) is 0 Å². The van der Waals surface area contributed by atoms with E-state index in [1.807, 2.05) is 13.8 Å². The SMILES string of the molecule is CC(C)(CO)CNC(=O)CC1(O)CCCCC1. The Morgan fingerprint density at radius 3 is 2.41 bits per heavy atom. The Balaban J connectivity index is 2.33. The number of aliphatic hydroxyl groups is 2. The van der Waals surface area contributed by atoms with Crippen LogP contribution in [-0.4, -0.2) is 34.9 Å². The zero-order chi connectivity index (χ0) is 12.9. The molecule has 17 heavy (non-hydrogen) atoms. The highest BCUT2D eigenvalue weighted by Gasteiger charge is 2.32. The molecule has 1 fully saturated rings. The maximum Gasteiger partial charge on any atom is 0.222 e. The number of rotatable bonds is 5. The van der Waals surface area contributed by atoms with Gasteiger partial charge in [0.1, 0.15) is 0 Å². The molecule has 0 aromatic heterocycles. The highest BCUT2D eigenvalue weighted by Crippen LogP contribution is 2.30.